The Balaban J connectivity index is 2.14. The molecule has 1 aliphatic rings. The standard InChI is InChI=1S/C21H25N3O/c1-15(2)17-5-7-18(8-6-17)21(25,20(3)13-24(4)14-20)19-9-16(10-22)11-23-12-19/h5-9,11-12,15,25H,13-14H2,1-4H3. The molecule has 2 heterocycles. The molecule has 1 saturated heterocycles. The van der Waals surface area contributed by atoms with Crippen LogP contribution in [0.5, 0.6) is 0 Å². The summed E-state index contributed by atoms with van der Waals surface area (Å²) in [6.07, 6.45) is 3.21. The van der Waals surface area contributed by atoms with Crippen LogP contribution in [-0.2, 0) is 5.60 Å². The monoisotopic (exact) mass is 335 g/mol. The fraction of sp³-hybridized carbons (Fsp3) is 0.429. The third kappa shape index (κ3) is 2.84. The third-order valence-corrected chi connectivity index (χ3v) is 5.39. The van der Waals surface area contributed by atoms with Gasteiger partial charge in [-0.2, -0.15) is 5.26 Å². The molecule has 1 fully saturated rings. The summed E-state index contributed by atoms with van der Waals surface area (Å²) in [7, 11) is 2.05. The first-order valence-corrected chi connectivity index (χ1v) is 8.67. The summed E-state index contributed by atoms with van der Waals surface area (Å²) in [6.45, 7) is 7.98. The van der Waals surface area contributed by atoms with Crippen molar-refractivity contribution in [3.05, 3.63) is 65.0 Å². The highest BCUT2D eigenvalue weighted by Crippen LogP contribution is 2.50. The maximum Gasteiger partial charge on any atom is 0.124 e. The second kappa shape index (κ2) is 6.25. The fourth-order valence-corrected chi connectivity index (χ4v) is 4.05. The zero-order chi connectivity index (χ0) is 18.2. The first kappa shape index (κ1) is 17.6. The molecular formula is C21H25N3O. The van der Waals surface area contributed by atoms with Crippen LogP contribution in [0.25, 0.3) is 0 Å². The minimum atomic E-state index is -1.19. The Morgan fingerprint density at radius 1 is 1.20 bits per heavy atom. The van der Waals surface area contributed by atoms with Gasteiger partial charge in [-0.15, -0.1) is 0 Å². The number of benzene rings is 1. The van der Waals surface area contributed by atoms with Crippen molar-refractivity contribution < 1.29 is 5.11 Å². The maximum atomic E-state index is 11.9. The average Bonchev–Trinajstić information content (AvgIpc) is 2.59. The van der Waals surface area contributed by atoms with Gasteiger partial charge in [-0.25, -0.2) is 0 Å². The largest absolute Gasteiger partial charge is 0.380 e. The molecule has 4 nitrogen and oxygen atoms in total. The van der Waals surface area contributed by atoms with E-state index in [0.717, 1.165) is 18.7 Å². The van der Waals surface area contributed by atoms with Gasteiger partial charge in [0.1, 0.15) is 11.7 Å². The lowest BCUT2D eigenvalue weighted by Gasteiger charge is -2.55. The molecule has 130 valence electrons. The molecule has 0 spiro atoms. The van der Waals surface area contributed by atoms with Crippen LogP contribution < -0.4 is 0 Å². The Hall–Kier alpha value is -2.22. The van der Waals surface area contributed by atoms with Crippen LogP contribution in [0.4, 0.5) is 0 Å². The van der Waals surface area contributed by atoms with E-state index < -0.39 is 5.60 Å². The molecule has 1 N–H and O–H groups in total. The number of pyridine rings is 1. The van der Waals surface area contributed by atoms with Crippen molar-refractivity contribution in [2.45, 2.75) is 32.3 Å². The summed E-state index contributed by atoms with van der Waals surface area (Å²) in [4.78, 5) is 6.38. The van der Waals surface area contributed by atoms with Crippen LogP contribution in [0, 0.1) is 16.7 Å². The molecule has 1 aromatic carbocycles. The molecule has 4 heteroatoms. The second-order valence-electron chi connectivity index (χ2n) is 7.79. The smallest absolute Gasteiger partial charge is 0.124 e. The normalized spacial score (nSPS) is 19.1. The number of nitriles is 1. The highest BCUT2D eigenvalue weighted by atomic mass is 16.3. The quantitative estimate of drug-likeness (QED) is 0.931. The van der Waals surface area contributed by atoms with Gasteiger partial charge in [-0.1, -0.05) is 45.0 Å². The van der Waals surface area contributed by atoms with E-state index in [-0.39, 0.29) is 5.41 Å². The lowest BCUT2D eigenvalue weighted by molar-refractivity contribution is -0.127. The van der Waals surface area contributed by atoms with Crippen molar-refractivity contribution in [2.24, 2.45) is 5.41 Å². The number of likely N-dealkylation sites (tertiary alicyclic amines) is 1. The van der Waals surface area contributed by atoms with Crippen LogP contribution in [0.15, 0.2) is 42.7 Å². The zero-order valence-corrected chi connectivity index (χ0v) is 15.3. The summed E-state index contributed by atoms with van der Waals surface area (Å²) in [5.41, 5.74) is 1.71. The molecule has 2 aromatic rings. The Morgan fingerprint density at radius 2 is 1.84 bits per heavy atom. The van der Waals surface area contributed by atoms with Gasteiger partial charge in [0.2, 0.25) is 0 Å². The summed E-state index contributed by atoms with van der Waals surface area (Å²) < 4.78 is 0. The number of hydrogen-bond donors (Lipinski definition) is 1. The first-order valence-electron chi connectivity index (χ1n) is 8.67. The van der Waals surface area contributed by atoms with E-state index in [1.807, 2.05) is 19.2 Å². The van der Waals surface area contributed by atoms with Crippen LogP contribution >= 0.6 is 0 Å². The Labute approximate surface area is 149 Å². The summed E-state index contributed by atoms with van der Waals surface area (Å²) >= 11 is 0. The molecule has 0 amide bonds. The van der Waals surface area contributed by atoms with Crippen molar-refractivity contribution in [1.82, 2.24) is 9.88 Å². The van der Waals surface area contributed by atoms with E-state index >= 15 is 0 Å². The molecule has 25 heavy (non-hydrogen) atoms. The highest BCUT2D eigenvalue weighted by Gasteiger charge is 2.55. The van der Waals surface area contributed by atoms with Crippen molar-refractivity contribution in [2.75, 3.05) is 20.1 Å². The van der Waals surface area contributed by atoms with Gasteiger partial charge in [0, 0.05) is 36.5 Å². The van der Waals surface area contributed by atoms with Crippen molar-refractivity contribution in [3.63, 3.8) is 0 Å². The maximum absolute atomic E-state index is 11.9. The SMILES string of the molecule is CC(C)c1ccc(C(O)(c2cncc(C#N)c2)C2(C)CN(C)C2)cc1. The third-order valence-electron chi connectivity index (χ3n) is 5.39. The number of aromatic nitrogens is 1. The number of hydrogen-bond acceptors (Lipinski definition) is 4. The molecule has 1 aliphatic heterocycles. The minimum Gasteiger partial charge on any atom is -0.380 e. The fourth-order valence-electron chi connectivity index (χ4n) is 4.05. The van der Waals surface area contributed by atoms with Crippen LogP contribution in [0.3, 0.4) is 0 Å². The summed E-state index contributed by atoms with van der Waals surface area (Å²) in [6, 6.07) is 12.1. The molecule has 0 bridgehead atoms. The van der Waals surface area contributed by atoms with Crippen molar-refractivity contribution in [3.8, 4) is 6.07 Å². The molecule has 1 unspecified atom stereocenters. The number of nitrogens with zero attached hydrogens (tertiary/aromatic N) is 3. The Bertz CT molecular complexity index is 801. The van der Waals surface area contributed by atoms with Gasteiger partial charge >= 0.3 is 0 Å². The van der Waals surface area contributed by atoms with Crippen molar-refractivity contribution in [1.29, 1.82) is 5.26 Å². The van der Waals surface area contributed by atoms with Crippen molar-refractivity contribution >= 4 is 0 Å². The topological polar surface area (TPSA) is 60.2 Å². The van der Waals surface area contributed by atoms with Gasteiger partial charge in [0.25, 0.3) is 0 Å². The lowest BCUT2D eigenvalue weighted by Crippen LogP contribution is -2.63. The summed E-state index contributed by atoms with van der Waals surface area (Å²) in [5, 5.41) is 21.2. The van der Waals surface area contributed by atoms with Gasteiger partial charge in [-0.05, 0) is 30.2 Å². The molecule has 0 aliphatic carbocycles. The second-order valence-corrected chi connectivity index (χ2v) is 7.79. The van der Waals surface area contributed by atoms with E-state index in [1.165, 1.54) is 11.8 Å². The van der Waals surface area contributed by atoms with Crippen LogP contribution in [-0.4, -0.2) is 35.1 Å². The van der Waals surface area contributed by atoms with Crippen LogP contribution in [0.1, 0.15) is 48.9 Å². The van der Waals surface area contributed by atoms with E-state index in [0.29, 0.717) is 17.0 Å². The van der Waals surface area contributed by atoms with E-state index in [2.05, 4.69) is 48.9 Å². The van der Waals surface area contributed by atoms with Gasteiger partial charge in [0.05, 0.1) is 5.56 Å². The molecule has 3 rings (SSSR count). The number of rotatable bonds is 4. The van der Waals surface area contributed by atoms with E-state index in [4.69, 9.17) is 0 Å². The zero-order valence-electron chi connectivity index (χ0n) is 15.3. The Morgan fingerprint density at radius 3 is 2.36 bits per heavy atom. The van der Waals surface area contributed by atoms with E-state index in [1.54, 1.807) is 12.3 Å². The molecular weight excluding hydrogens is 310 g/mol. The van der Waals surface area contributed by atoms with Gasteiger partial charge in [0.15, 0.2) is 0 Å². The van der Waals surface area contributed by atoms with Gasteiger partial charge < -0.3 is 10.0 Å². The predicted molar refractivity (Wildman–Crippen MR) is 98.1 cm³/mol. The Kier molecular flexibility index (Phi) is 4.40. The molecule has 0 radical (unpaired) electrons. The lowest BCUT2D eigenvalue weighted by atomic mass is 9.62. The van der Waals surface area contributed by atoms with Crippen LogP contribution in [0.2, 0.25) is 0 Å². The molecule has 0 saturated carbocycles. The number of aliphatic hydroxyl groups is 1. The highest BCUT2D eigenvalue weighted by molar-refractivity contribution is 5.43. The predicted octanol–water partition coefficient (Wildman–Crippen LogP) is 3.26. The minimum absolute atomic E-state index is 0.336. The van der Waals surface area contributed by atoms with E-state index in [9.17, 15) is 10.4 Å². The van der Waals surface area contributed by atoms with Gasteiger partial charge in [-0.3, -0.25) is 4.98 Å². The molecule has 1 atom stereocenters. The molecule has 1 aromatic heterocycles. The average molecular weight is 335 g/mol. The first-order chi connectivity index (χ1) is 11.8. The summed E-state index contributed by atoms with van der Waals surface area (Å²) in [5.74, 6) is 0.441.